The second-order valence-corrected chi connectivity index (χ2v) is 6.46. The molecule has 0 fully saturated rings. The maximum atomic E-state index is 12.3. The summed E-state index contributed by atoms with van der Waals surface area (Å²) in [7, 11) is -3.80. The third-order valence-electron chi connectivity index (χ3n) is 2.73. The fourth-order valence-corrected chi connectivity index (χ4v) is 3.25. The molecule has 0 saturated heterocycles. The van der Waals surface area contributed by atoms with Gasteiger partial charge in [0.1, 0.15) is 4.90 Å². The van der Waals surface area contributed by atoms with Gasteiger partial charge in [-0.15, -0.1) is 0 Å². The van der Waals surface area contributed by atoms with Gasteiger partial charge >= 0.3 is 0 Å². The molecular weight excluding hydrogens is 298 g/mol. The summed E-state index contributed by atoms with van der Waals surface area (Å²) in [6.45, 7) is 3.56. The van der Waals surface area contributed by atoms with E-state index in [0.29, 0.717) is 16.4 Å². The SMILES string of the molecule is Cc1ccc(NS(=O)(=O)c2cc(Cl)ccc2N)c(C)n1. The molecule has 0 aliphatic rings. The van der Waals surface area contributed by atoms with Crippen LogP contribution in [-0.4, -0.2) is 13.4 Å². The van der Waals surface area contributed by atoms with Crippen molar-refractivity contribution in [1.82, 2.24) is 4.98 Å². The van der Waals surface area contributed by atoms with Gasteiger partial charge in [0.25, 0.3) is 10.0 Å². The van der Waals surface area contributed by atoms with Crippen molar-refractivity contribution in [2.24, 2.45) is 0 Å². The summed E-state index contributed by atoms with van der Waals surface area (Å²) in [5.41, 5.74) is 7.65. The Kier molecular flexibility index (Phi) is 3.87. The fourth-order valence-electron chi connectivity index (χ4n) is 1.74. The van der Waals surface area contributed by atoms with E-state index in [9.17, 15) is 8.42 Å². The maximum Gasteiger partial charge on any atom is 0.264 e. The van der Waals surface area contributed by atoms with Crippen LogP contribution in [0, 0.1) is 13.8 Å². The number of aromatic nitrogens is 1. The van der Waals surface area contributed by atoms with Gasteiger partial charge in [-0.2, -0.15) is 0 Å². The standard InChI is InChI=1S/C13H14ClN3O2S/c1-8-3-6-12(9(2)16-8)17-20(18,19)13-7-10(14)4-5-11(13)15/h3-7,17H,15H2,1-2H3. The molecular formula is C13H14ClN3O2S. The molecule has 106 valence electrons. The number of anilines is 2. The van der Waals surface area contributed by atoms with E-state index in [4.69, 9.17) is 17.3 Å². The van der Waals surface area contributed by atoms with E-state index in [1.54, 1.807) is 19.1 Å². The lowest BCUT2D eigenvalue weighted by Gasteiger charge is -2.12. The zero-order chi connectivity index (χ0) is 14.9. The highest BCUT2D eigenvalue weighted by molar-refractivity contribution is 7.92. The number of nitrogen functional groups attached to an aromatic ring is 1. The first-order valence-corrected chi connectivity index (χ1v) is 7.68. The number of pyridine rings is 1. The molecule has 2 rings (SSSR count). The van der Waals surface area contributed by atoms with Crippen molar-refractivity contribution < 1.29 is 8.42 Å². The molecule has 20 heavy (non-hydrogen) atoms. The van der Waals surface area contributed by atoms with Gasteiger partial charge in [0.05, 0.1) is 17.1 Å². The molecule has 7 heteroatoms. The summed E-state index contributed by atoms with van der Waals surface area (Å²) in [6, 6.07) is 7.70. The number of benzene rings is 1. The Hall–Kier alpha value is -1.79. The van der Waals surface area contributed by atoms with E-state index in [2.05, 4.69) is 9.71 Å². The van der Waals surface area contributed by atoms with Crippen molar-refractivity contribution >= 4 is 33.0 Å². The number of rotatable bonds is 3. The molecule has 0 bridgehead atoms. The van der Waals surface area contributed by atoms with Crippen LogP contribution in [0.3, 0.4) is 0 Å². The summed E-state index contributed by atoms with van der Waals surface area (Å²) in [5.74, 6) is 0. The number of halogens is 1. The van der Waals surface area contributed by atoms with Crippen molar-refractivity contribution in [1.29, 1.82) is 0 Å². The Bertz CT molecular complexity index is 760. The molecule has 1 aromatic carbocycles. The first kappa shape index (κ1) is 14.6. The van der Waals surface area contributed by atoms with Crippen molar-refractivity contribution in [3.05, 3.63) is 46.7 Å². The van der Waals surface area contributed by atoms with Crippen LogP contribution in [0.2, 0.25) is 5.02 Å². The monoisotopic (exact) mass is 311 g/mol. The number of sulfonamides is 1. The Balaban J connectivity index is 2.43. The topological polar surface area (TPSA) is 85.1 Å². The second kappa shape index (κ2) is 5.30. The molecule has 0 atom stereocenters. The Morgan fingerprint density at radius 3 is 2.55 bits per heavy atom. The summed E-state index contributed by atoms with van der Waals surface area (Å²) < 4.78 is 27.1. The number of nitrogens with one attached hydrogen (secondary N) is 1. The third-order valence-corrected chi connectivity index (χ3v) is 4.39. The van der Waals surface area contributed by atoms with Crippen LogP contribution < -0.4 is 10.5 Å². The number of nitrogens with two attached hydrogens (primary N) is 1. The van der Waals surface area contributed by atoms with Gasteiger partial charge in [-0.25, -0.2) is 8.42 Å². The predicted molar refractivity (Wildman–Crippen MR) is 80.4 cm³/mol. The lowest BCUT2D eigenvalue weighted by Crippen LogP contribution is -2.16. The van der Waals surface area contributed by atoms with Crippen LogP contribution in [0.1, 0.15) is 11.4 Å². The van der Waals surface area contributed by atoms with E-state index >= 15 is 0 Å². The molecule has 5 nitrogen and oxygen atoms in total. The van der Waals surface area contributed by atoms with E-state index < -0.39 is 10.0 Å². The second-order valence-electron chi connectivity index (χ2n) is 4.37. The van der Waals surface area contributed by atoms with Crippen molar-refractivity contribution in [2.75, 3.05) is 10.5 Å². The maximum absolute atomic E-state index is 12.3. The summed E-state index contributed by atoms with van der Waals surface area (Å²) >= 11 is 5.82. The molecule has 2 aromatic rings. The zero-order valence-electron chi connectivity index (χ0n) is 11.0. The predicted octanol–water partition coefficient (Wildman–Crippen LogP) is 2.73. The number of hydrogen-bond donors (Lipinski definition) is 2. The highest BCUT2D eigenvalue weighted by Crippen LogP contribution is 2.25. The molecule has 0 unspecified atom stereocenters. The zero-order valence-corrected chi connectivity index (χ0v) is 12.6. The quantitative estimate of drug-likeness (QED) is 0.853. The number of aryl methyl sites for hydroxylation is 2. The lowest BCUT2D eigenvalue weighted by molar-refractivity contribution is 0.601. The molecule has 0 saturated carbocycles. The Morgan fingerprint density at radius 2 is 1.90 bits per heavy atom. The Morgan fingerprint density at radius 1 is 1.20 bits per heavy atom. The molecule has 0 radical (unpaired) electrons. The fraction of sp³-hybridized carbons (Fsp3) is 0.154. The van der Waals surface area contributed by atoms with Crippen molar-refractivity contribution in [3.63, 3.8) is 0 Å². The summed E-state index contributed by atoms with van der Waals surface area (Å²) in [4.78, 5) is 4.16. The van der Waals surface area contributed by atoms with Crippen molar-refractivity contribution in [3.8, 4) is 0 Å². The van der Waals surface area contributed by atoms with E-state index in [1.165, 1.54) is 18.2 Å². The van der Waals surface area contributed by atoms with Gasteiger partial charge < -0.3 is 5.73 Å². The average molecular weight is 312 g/mol. The minimum atomic E-state index is -3.80. The number of hydrogen-bond acceptors (Lipinski definition) is 4. The molecule has 1 heterocycles. The average Bonchev–Trinajstić information content (AvgIpc) is 2.35. The summed E-state index contributed by atoms with van der Waals surface area (Å²) in [6.07, 6.45) is 0. The minimum absolute atomic E-state index is 0.0509. The first-order chi connectivity index (χ1) is 9.29. The van der Waals surface area contributed by atoms with E-state index in [-0.39, 0.29) is 10.6 Å². The third kappa shape index (κ3) is 3.02. The normalized spacial score (nSPS) is 11.3. The van der Waals surface area contributed by atoms with Crippen LogP contribution in [-0.2, 0) is 10.0 Å². The number of nitrogens with zero attached hydrogens (tertiary/aromatic N) is 1. The van der Waals surface area contributed by atoms with Crippen LogP contribution in [0.15, 0.2) is 35.2 Å². The first-order valence-electron chi connectivity index (χ1n) is 5.82. The molecule has 0 aliphatic heterocycles. The van der Waals surface area contributed by atoms with Gasteiger partial charge in [-0.05, 0) is 44.2 Å². The molecule has 0 spiro atoms. The molecule has 3 N–H and O–H groups in total. The van der Waals surface area contributed by atoms with Crippen LogP contribution in [0.4, 0.5) is 11.4 Å². The highest BCUT2D eigenvalue weighted by atomic mass is 35.5. The van der Waals surface area contributed by atoms with Crippen LogP contribution in [0.25, 0.3) is 0 Å². The lowest BCUT2D eigenvalue weighted by atomic mass is 10.3. The molecule has 0 amide bonds. The van der Waals surface area contributed by atoms with Crippen LogP contribution >= 0.6 is 11.6 Å². The largest absolute Gasteiger partial charge is 0.398 e. The molecule has 1 aromatic heterocycles. The molecule has 0 aliphatic carbocycles. The van der Waals surface area contributed by atoms with Gasteiger partial charge in [0.15, 0.2) is 0 Å². The van der Waals surface area contributed by atoms with Gasteiger partial charge in [-0.1, -0.05) is 11.6 Å². The van der Waals surface area contributed by atoms with E-state index in [1.807, 2.05) is 6.92 Å². The Labute approximate surface area is 122 Å². The van der Waals surface area contributed by atoms with Crippen molar-refractivity contribution in [2.45, 2.75) is 18.7 Å². The van der Waals surface area contributed by atoms with Gasteiger partial charge in [0.2, 0.25) is 0 Å². The smallest absolute Gasteiger partial charge is 0.264 e. The summed E-state index contributed by atoms with van der Waals surface area (Å²) in [5, 5.41) is 0.304. The van der Waals surface area contributed by atoms with Gasteiger partial charge in [-0.3, -0.25) is 9.71 Å². The van der Waals surface area contributed by atoms with Gasteiger partial charge in [0, 0.05) is 10.7 Å². The van der Waals surface area contributed by atoms with E-state index in [0.717, 1.165) is 5.69 Å². The minimum Gasteiger partial charge on any atom is -0.398 e. The highest BCUT2D eigenvalue weighted by Gasteiger charge is 2.19. The van der Waals surface area contributed by atoms with Crippen LogP contribution in [0.5, 0.6) is 0 Å².